The lowest BCUT2D eigenvalue weighted by Gasteiger charge is -2.12. The van der Waals surface area contributed by atoms with E-state index in [0.29, 0.717) is 5.69 Å². The Morgan fingerprint density at radius 1 is 1.47 bits per heavy atom. The zero-order chi connectivity index (χ0) is 11.3. The third-order valence-corrected chi connectivity index (χ3v) is 2.66. The van der Waals surface area contributed by atoms with E-state index >= 15 is 0 Å². The number of carbonyl (C=O) groups is 1. The summed E-state index contributed by atoms with van der Waals surface area (Å²) in [4.78, 5) is 11.7. The van der Waals surface area contributed by atoms with Crippen LogP contribution in [0, 0.1) is 0 Å². The molecule has 0 saturated heterocycles. The van der Waals surface area contributed by atoms with E-state index in [4.69, 9.17) is 10.2 Å². The van der Waals surface area contributed by atoms with Crippen LogP contribution in [0.4, 0.5) is 5.69 Å². The summed E-state index contributed by atoms with van der Waals surface area (Å²) in [5, 5.41) is 20.2. The van der Waals surface area contributed by atoms with E-state index < -0.39 is 18.6 Å². The molecule has 0 aliphatic carbocycles. The number of hydrogen-bond acceptors (Lipinski definition) is 4. The molecular weight excluding hydrogens is 214 g/mol. The Labute approximate surface area is 92.3 Å². The van der Waals surface area contributed by atoms with Gasteiger partial charge in [0.05, 0.1) is 6.61 Å². The Hall–Kier alpha value is -1.20. The van der Waals surface area contributed by atoms with Gasteiger partial charge in [-0.1, -0.05) is 0 Å². The van der Waals surface area contributed by atoms with Crippen molar-refractivity contribution in [2.75, 3.05) is 18.2 Å². The van der Waals surface area contributed by atoms with Crippen LogP contribution in [0.1, 0.15) is 0 Å². The van der Waals surface area contributed by atoms with Crippen LogP contribution in [0.3, 0.4) is 0 Å². The molecule has 0 spiro atoms. The SMILES string of the molecule is CSc1ccc(N[C@@H](CO)C(=O)O)cc1. The van der Waals surface area contributed by atoms with Crippen LogP contribution in [0.25, 0.3) is 0 Å². The number of aliphatic carboxylic acids is 1. The number of benzene rings is 1. The second kappa shape index (κ2) is 5.63. The molecule has 0 aromatic heterocycles. The van der Waals surface area contributed by atoms with Crippen molar-refractivity contribution in [3.05, 3.63) is 24.3 Å². The van der Waals surface area contributed by atoms with Crippen LogP contribution >= 0.6 is 11.8 Å². The van der Waals surface area contributed by atoms with E-state index in [0.717, 1.165) is 4.90 Å². The minimum Gasteiger partial charge on any atom is -0.480 e. The molecule has 15 heavy (non-hydrogen) atoms. The van der Waals surface area contributed by atoms with Gasteiger partial charge in [-0.3, -0.25) is 0 Å². The number of carboxylic acids is 1. The molecule has 1 aromatic carbocycles. The van der Waals surface area contributed by atoms with Crippen LogP contribution in [0.15, 0.2) is 29.2 Å². The van der Waals surface area contributed by atoms with Crippen LogP contribution in [-0.2, 0) is 4.79 Å². The predicted octanol–water partition coefficient (Wildman–Crippen LogP) is 1.27. The predicted molar refractivity (Wildman–Crippen MR) is 60.4 cm³/mol. The number of anilines is 1. The van der Waals surface area contributed by atoms with Gasteiger partial charge in [-0.2, -0.15) is 0 Å². The molecule has 4 nitrogen and oxygen atoms in total. The largest absolute Gasteiger partial charge is 0.480 e. The van der Waals surface area contributed by atoms with Gasteiger partial charge in [-0.15, -0.1) is 11.8 Å². The maximum atomic E-state index is 10.6. The molecular formula is C10H13NO3S. The Morgan fingerprint density at radius 2 is 2.07 bits per heavy atom. The zero-order valence-corrected chi connectivity index (χ0v) is 9.12. The summed E-state index contributed by atoms with van der Waals surface area (Å²) in [6, 6.07) is 6.41. The highest BCUT2D eigenvalue weighted by molar-refractivity contribution is 7.98. The van der Waals surface area contributed by atoms with E-state index in [9.17, 15) is 4.79 Å². The number of aliphatic hydroxyl groups excluding tert-OH is 1. The molecule has 0 saturated carbocycles. The van der Waals surface area contributed by atoms with Gasteiger partial charge in [-0.25, -0.2) is 4.79 Å². The minimum absolute atomic E-state index is 0.431. The van der Waals surface area contributed by atoms with Crippen molar-refractivity contribution >= 4 is 23.4 Å². The molecule has 1 rings (SSSR count). The van der Waals surface area contributed by atoms with Crippen molar-refractivity contribution in [2.45, 2.75) is 10.9 Å². The van der Waals surface area contributed by atoms with Crippen molar-refractivity contribution in [3.8, 4) is 0 Å². The highest BCUT2D eigenvalue weighted by Crippen LogP contribution is 2.17. The molecule has 82 valence electrons. The highest BCUT2D eigenvalue weighted by atomic mass is 32.2. The molecule has 0 heterocycles. The Balaban J connectivity index is 2.67. The summed E-state index contributed by atoms with van der Waals surface area (Å²) in [5.74, 6) is -1.06. The lowest BCUT2D eigenvalue weighted by atomic mass is 10.2. The topological polar surface area (TPSA) is 69.6 Å². The van der Waals surface area contributed by atoms with Gasteiger partial charge in [0, 0.05) is 10.6 Å². The minimum atomic E-state index is -1.06. The summed E-state index contributed by atoms with van der Waals surface area (Å²) < 4.78 is 0. The molecule has 0 amide bonds. The quantitative estimate of drug-likeness (QED) is 0.661. The summed E-state index contributed by atoms with van der Waals surface area (Å²) in [6.45, 7) is -0.431. The van der Waals surface area contributed by atoms with Crippen LogP contribution < -0.4 is 5.32 Å². The Bertz CT molecular complexity index is 326. The van der Waals surface area contributed by atoms with Crippen LogP contribution in [0.2, 0.25) is 0 Å². The fourth-order valence-electron chi connectivity index (χ4n) is 1.07. The molecule has 0 fully saturated rings. The number of nitrogens with one attached hydrogen (secondary N) is 1. The van der Waals surface area contributed by atoms with Crippen LogP contribution in [-0.4, -0.2) is 35.1 Å². The van der Waals surface area contributed by atoms with E-state index in [1.54, 1.807) is 23.9 Å². The summed E-state index contributed by atoms with van der Waals surface area (Å²) in [7, 11) is 0. The van der Waals surface area contributed by atoms with Gasteiger partial charge in [-0.05, 0) is 30.5 Å². The zero-order valence-electron chi connectivity index (χ0n) is 8.30. The first kappa shape index (κ1) is 11.9. The normalized spacial score (nSPS) is 12.1. The van der Waals surface area contributed by atoms with E-state index in [1.165, 1.54) is 0 Å². The Kier molecular flexibility index (Phi) is 4.45. The molecule has 0 aliphatic heterocycles. The van der Waals surface area contributed by atoms with Crippen molar-refractivity contribution in [2.24, 2.45) is 0 Å². The summed E-state index contributed by atoms with van der Waals surface area (Å²) in [6.07, 6.45) is 1.97. The first-order valence-corrected chi connectivity index (χ1v) is 5.64. The number of thioether (sulfide) groups is 1. The second-order valence-electron chi connectivity index (χ2n) is 2.95. The number of hydrogen-bond donors (Lipinski definition) is 3. The number of carboxylic acid groups (broad SMARTS) is 1. The summed E-state index contributed by atoms with van der Waals surface area (Å²) in [5.41, 5.74) is 0.689. The maximum absolute atomic E-state index is 10.6. The Morgan fingerprint density at radius 3 is 2.47 bits per heavy atom. The van der Waals surface area contributed by atoms with Gasteiger partial charge in [0.1, 0.15) is 6.04 Å². The maximum Gasteiger partial charge on any atom is 0.328 e. The first-order chi connectivity index (χ1) is 7.17. The summed E-state index contributed by atoms with van der Waals surface area (Å²) >= 11 is 1.61. The van der Waals surface area contributed by atoms with E-state index in [2.05, 4.69) is 5.32 Å². The van der Waals surface area contributed by atoms with E-state index in [1.807, 2.05) is 18.4 Å². The average Bonchev–Trinajstić information content (AvgIpc) is 2.26. The third kappa shape index (κ3) is 3.45. The van der Waals surface area contributed by atoms with Crippen molar-refractivity contribution < 1.29 is 15.0 Å². The van der Waals surface area contributed by atoms with Crippen molar-refractivity contribution in [3.63, 3.8) is 0 Å². The van der Waals surface area contributed by atoms with Gasteiger partial charge in [0.2, 0.25) is 0 Å². The second-order valence-corrected chi connectivity index (χ2v) is 3.83. The molecule has 0 unspecified atom stereocenters. The van der Waals surface area contributed by atoms with Gasteiger partial charge < -0.3 is 15.5 Å². The molecule has 5 heteroatoms. The molecule has 0 bridgehead atoms. The van der Waals surface area contributed by atoms with Gasteiger partial charge in [0.25, 0.3) is 0 Å². The number of aliphatic hydroxyl groups is 1. The molecule has 0 aliphatic rings. The standard InChI is InChI=1S/C10H13NO3S/c1-15-8-4-2-7(3-5-8)11-9(6-12)10(13)14/h2-5,9,11-12H,6H2,1H3,(H,13,14)/t9-/m0/s1. The third-order valence-electron chi connectivity index (χ3n) is 1.91. The van der Waals surface area contributed by atoms with Crippen molar-refractivity contribution in [1.29, 1.82) is 0 Å². The monoisotopic (exact) mass is 227 g/mol. The van der Waals surface area contributed by atoms with Gasteiger partial charge in [0.15, 0.2) is 0 Å². The lowest BCUT2D eigenvalue weighted by molar-refractivity contribution is -0.138. The lowest BCUT2D eigenvalue weighted by Crippen LogP contribution is -2.32. The average molecular weight is 227 g/mol. The molecule has 1 aromatic rings. The van der Waals surface area contributed by atoms with Gasteiger partial charge >= 0.3 is 5.97 Å². The van der Waals surface area contributed by atoms with Crippen molar-refractivity contribution in [1.82, 2.24) is 0 Å². The fraction of sp³-hybridized carbons (Fsp3) is 0.300. The number of rotatable bonds is 5. The van der Waals surface area contributed by atoms with Crippen LogP contribution in [0.5, 0.6) is 0 Å². The molecule has 1 atom stereocenters. The first-order valence-electron chi connectivity index (χ1n) is 4.41. The fourth-order valence-corrected chi connectivity index (χ4v) is 1.48. The molecule has 3 N–H and O–H groups in total. The smallest absolute Gasteiger partial charge is 0.328 e. The highest BCUT2D eigenvalue weighted by Gasteiger charge is 2.15. The van der Waals surface area contributed by atoms with E-state index in [-0.39, 0.29) is 0 Å². The molecule has 0 radical (unpaired) electrons.